The number of aliphatic hydroxyl groups is 1. The number of carbonyl (C=O) groups is 2. The molecule has 1 aliphatic heterocycles. The van der Waals surface area contributed by atoms with Crippen LogP contribution in [0.2, 0.25) is 0 Å². The molecule has 1 saturated heterocycles. The Labute approximate surface area is 176 Å². The number of methoxy groups -OCH3 is 1. The Kier molecular flexibility index (Phi) is 5.01. The predicted octanol–water partition coefficient (Wildman–Crippen LogP) is 3.93. The molecule has 0 spiro atoms. The topological polar surface area (TPSA) is 104 Å². The van der Waals surface area contributed by atoms with E-state index in [9.17, 15) is 19.1 Å². The monoisotopic (exact) mass is 418 g/mol. The van der Waals surface area contributed by atoms with Gasteiger partial charge >= 0.3 is 0 Å². The molecule has 3 aromatic rings. The summed E-state index contributed by atoms with van der Waals surface area (Å²) in [4.78, 5) is 27.1. The van der Waals surface area contributed by atoms with Gasteiger partial charge in [0, 0.05) is 5.69 Å². The van der Waals surface area contributed by atoms with Crippen LogP contribution < -0.4 is 9.64 Å². The number of halogens is 1. The average molecular weight is 418 g/mol. The Morgan fingerprint density at radius 3 is 2.55 bits per heavy atom. The van der Waals surface area contributed by atoms with Crippen molar-refractivity contribution in [2.45, 2.75) is 6.04 Å². The summed E-state index contributed by atoms with van der Waals surface area (Å²) >= 11 is 0. The molecule has 2 aromatic carbocycles. The highest BCUT2D eigenvalue weighted by Crippen LogP contribution is 2.43. The van der Waals surface area contributed by atoms with Crippen molar-refractivity contribution in [3.05, 3.63) is 89.1 Å². The number of nitrogens with zero attached hydrogens (tertiary/aromatic N) is 2. The molecule has 1 fully saturated rings. The Hall–Kier alpha value is -4.38. The molecule has 2 heterocycles. The molecule has 1 aliphatic rings. The second-order valence-electron chi connectivity index (χ2n) is 6.69. The van der Waals surface area contributed by atoms with E-state index in [-0.39, 0.29) is 22.6 Å². The first kappa shape index (κ1) is 19.9. The Morgan fingerprint density at radius 1 is 1.19 bits per heavy atom. The summed E-state index contributed by atoms with van der Waals surface area (Å²) in [5.41, 5.74) is 0.359. The van der Waals surface area contributed by atoms with Crippen LogP contribution in [-0.2, 0) is 9.59 Å². The zero-order chi connectivity index (χ0) is 22.1. The van der Waals surface area contributed by atoms with Crippen molar-refractivity contribution in [1.82, 2.24) is 0 Å². The van der Waals surface area contributed by atoms with Gasteiger partial charge in [0.25, 0.3) is 11.7 Å². The van der Waals surface area contributed by atoms with Crippen molar-refractivity contribution >= 4 is 23.1 Å². The number of amides is 1. The van der Waals surface area contributed by atoms with Crippen LogP contribution in [0.1, 0.15) is 22.9 Å². The number of carbonyl (C=O) groups excluding carboxylic acids is 2. The zero-order valence-electron chi connectivity index (χ0n) is 16.2. The number of rotatable bonds is 4. The third-order valence-corrected chi connectivity index (χ3v) is 4.95. The molecule has 154 valence electrons. The number of nitriles is 1. The van der Waals surface area contributed by atoms with Gasteiger partial charge in [-0.1, -0.05) is 0 Å². The number of aliphatic hydroxyl groups excluding tert-OH is 1. The predicted molar refractivity (Wildman–Crippen MR) is 108 cm³/mol. The van der Waals surface area contributed by atoms with Gasteiger partial charge in [0.2, 0.25) is 0 Å². The van der Waals surface area contributed by atoms with Gasteiger partial charge in [-0.3, -0.25) is 14.5 Å². The number of ketones is 1. The minimum Gasteiger partial charge on any atom is -0.507 e. The third kappa shape index (κ3) is 3.32. The maximum absolute atomic E-state index is 13.9. The molecule has 1 atom stereocenters. The maximum atomic E-state index is 13.9. The molecule has 7 nitrogen and oxygen atoms in total. The van der Waals surface area contributed by atoms with E-state index in [2.05, 4.69) is 0 Å². The van der Waals surface area contributed by atoms with Crippen molar-refractivity contribution in [1.29, 1.82) is 5.26 Å². The van der Waals surface area contributed by atoms with E-state index >= 15 is 0 Å². The summed E-state index contributed by atoms with van der Waals surface area (Å²) in [6, 6.07) is 13.5. The van der Waals surface area contributed by atoms with Crippen LogP contribution in [0.3, 0.4) is 0 Å². The first-order valence-electron chi connectivity index (χ1n) is 9.14. The molecule has 0 radical (unpaired) electrons. The van der Waals surface area contributed by atoms with E-state index in [0.717, 1.165) is 12.1 Å². The number of hydrogen-bond donors (Lipinski definition) is 1. The van der Waals surface area contributed by atoms with Crippen LogP contribution in [0, 0.1) is 17.1 Å². The lowest BCUT2D eigenvalue weighted by Gasteiger charge is -2.23. The Morgan fingerprint density at radius 2 is 1.94 bits per heavy atom. The minimum atomic E-state index is -1.10. The molecule has 1 unspecified atom stereocenters. The van der Waals surface area contributed by atoms with E-state index in [0.29, 0.717) is 11.3 Å². The molecule has 0 saturated carbocycles. The van der Waals surface area contributed by atoms with Gasteiger partial charge in [-0.2, -0.15) is 5.26 Å². The first-order chi connectivity index (χ1) is 15.0. The molecule has 4 rings (SSSR count). The van der Waals surface area contributed by atoms with Crippen molar-refractivity contribution < 1.29 is 28.2 Å². The zero-order valence-corrected chi connectivity index (χ0v) is 16.2. The summed E-state index contributed by atoms with van der Waals surface area (Å²) in [5, 5.41) is 20.0. The highest BCUT2D eigenvalue weighted by molar-refractivity contribution is 6.51. The highest BCUT2D eigenvalue weighted by Gasteiger charge is 2.48. The van der Waals surface area contributed by atoms with Crippen LogP contribution in [0.15, 0.2) is 70.9 Å². The first-order valence-corrected chi connectivity index (χ1v) is 9.14. The van der Waals surface area contributed by atoms with Gasteiger partial charge in [0.05, 0.1) is 36.1 Å². The van der Waals surface area contributed by atoms with Gasteiger partial charge in [-0.25, -0.2) is 4.39 Å². The molecule has 1 N–H and O–H groups in total. The standard InChI is InChI=1S/C23H15FN2O5/c1-30-17-9-6-14(24)11-16(17)21(27)19-20(18-3-2-10-31-18)26(23(29)22(19)28)15-7-4-13(12-25)5-8-15/h2-11,20,27H,1H3/b21-19-. The van der Waals surface area contributed by atoms with Crippen LogP contribution >= 0.6 is 0 Å². The molecule has 1 amide bonds. The lowest BCUT2D eigenvalue weighted by Crippen LogP contribution is -2.29. The van der Waals surface area contributed by atoms with Gasteiger partial charge in [0.1, 0.15) is 29.1 Å². The molecular weight excluding hydrogens is 403 g/mol. The maximum Gasteiger partial charge on any atom is 0.300 e. The largest absolute Gasteiger partial charge is 0.507 e. The van der Waals surface area contributed by atoms with E-state index in [4.69, 9.17) is 14.4 Å². The van der Waals surface area contributed by atoms with E-state index in [1.165, 1.54) is 48.6 Å². The Balaban J connectivity index is 1.94. The Bertz CT molecular complexity index is 1240. The van der Waals surface area contributed by atoms with Gasteiger partial charge < -0.3 is 14.3 Å². The van der Waals surface area contributed by atoms with Crippen LogP contribution in [-0.4, -0.2) is 23.9 Å². The van der Waals surface area contributed by atoms with Gasteiger partial charge in [0.15, 0.2) is 0 Å². The molecule has 31 heavy (non-hydrogen) atoms. The summed E-state index contributed by atoms with van der Waals surface area (Å²) in [7, 11) is 1.34. The highest BCUT2D eigenvalue weighted by atomic mass is 19.1. The summed E-state index contributed by atoms with van der Waals surface area (Å²) in [5.74, 6) is -2.76. The summed E-state index contributed by atoms with van der Waals surface area (Å²) < 4.78 is 24.5. The fourth-order valence-corrected chi connectivity index (χ4v) is 3.52. The van der Waals surface area contributed by atoms with E-state index in [1.807, 2.05) is 6.07 Å². The second-order valence-corrected chi connectivity index (χ2v) is 6.69. The van der Waals surface area contributed by atoms with E-state index in [1.54, 1.807) is 12.1 Å². The summed E-state index contributed by atoms with van der Waals surface area (Å²) in [6.45, 7) is 0. The van der Waals surface area contributed by atoms with Crippen molar-refractivity contribution in [2.75, 3.05) is 12.0 Å². The van der Waals surface area contributed by atoms with Crippen LogP contribution in [0.5, 0.6) is 5.75 Å². The van der Waals surface area contributed by atoms with Crippen molar-refractivity contribution in [3.63, 3.8) is 0 Å². The van der Waals surface area contributed by atoms with E-state index < -0.39 is 29.3 Å². The fourth-order valence-electron chi connectivity index (χ4n) is 3.52. The number of Topliss-reactive ketones (excluding diaryl/α,β-unsaturated/α-hetero) is 1. The second kappa shape index (κ2) is 7.80. The van der Waals surface area contributed by atoms with Crippen molar-refractivity contribution in [3.8, 4) is 11.8 Å². The smallest absolute Gasteiger partial charge is 0.300 e. The normalized spacial score (nSPS) is 17.6. The number of ether oxygens (including phenoxy) is 1. The molecular formula is C23H15FN2O5. The quantitative estimate of drug-likeness (QED) is 0.391. The van der Waals surface area contributed by atoms with Gasteiger partial charge in [-0.05, 0) is 54.6 Å². The average Bonchev–Trinajstić information content (AvgIpc) is 3.40. The lowest BCUT2D eigenvalue weighted by atomic mass is 9.98. The lowest BCUT2D eigenvalue weighted by molar-refractivity contribution is -0.132. The fraction of sp³-hybridized carbons (Fsp3) is 0.0870. The van der Waals surface area contributed by atoms with Crippen molar-refractivity contribution in [2.24, 2.45) is 0 Å². The molecule has 0 aliphatic carbocycles. The van der Waals surface area contributed by atoms with Crippen LogP contribution in [0.25, 0.3) is 5.76 Å². The molecule has 1 aromatic heterocycles. The number of benzene rings is 2. The molecule has 0 bridgehead atoms. The number of furan rings is 1. The summed E-state index contributed by atoms with van der Waals surface area (Å²) in [6.07, 6.45) is 1.37. The number of hydrogen-bond acceptors (Lipinski definition) is 6. The third-order valence-electron chi connectivity index (χ3n) is 4.95. The SMILES string of the molecule is COc1ccc(F)cc1/C(O)=C1/C(=O)C(=O)N(c2ccc(C#N)cc2)C1c1ccco1. The van der Waals surface area contributed by atoms with Gasteiger partial charge in [-0.15, -0.1) is 0 Å². The number of anilines is 1. The molecule has 8 heteroatoms. The minimum absolute atomic E-state index is 0.0723. The van der Waals surface area contributed by atoms with Crippen LogP contribution in [0.4, 0.5) is 10.1 Å².